The van der Waals surface area contributed by atoms with Crippen molar-refractivity contribution < 1.29 is 4.39 Å². The summed E-state index contributed by atoms with van der Waals surface area (Å²) in [5.41, 5.74) is -0.917. The molecule has 1 heteroatoms. The standard InChI is InChI=1S/C14H29F/c1-6-9-10-12(4)13(5)11-14(15,7-2)8-3/h12-13H,6-11H2,1-5H3. The summed E-state index contributed by atoms with van der Waals surface area (Å²) in [6.07, 6.45) is 5.84. The number of halogens is 1. The van der Waals surface area contributed by atoms with Gasteiger partial charge < -0.3 is 0 Å². The molecule has 0 heterocycles. The maximum Gasteiger partial charge on any atom is 0.110 e. The van der Waals surface area contributed by atoms with Gasteiger partial charge >= 0.3 is 0 Å². The molecule has 0 aliphatic heterocycles. The van der Waals surface area contributed by atoms with Crippen molar-refractivity contribution in [3.05, 3.63) is 0 Å². The SMILES string of the molecule is CCCCC(C)C(C)CC(F)(CC)CC. The summed E-state index contributed by atoms with van der Waals surface area (Å²) < 4.78 is 14.2. The molecular weight excluding hydrogens is 187 g/mol. The van der Waals surface area contributed by atoms with Crippen molar-refractivity contribution in [3.8, 4) is 0 Å². The van der Waals surface area contributed by atoms with Gasteiger partial charge in [-0.15, -0.1) is 0 Å². The van der Waals surface area contributed by atoms with Crippen LogP contribution in [0.4, 0.5) is 4.39 Å². The van der Waals surface area contributed by atoms with Crippen LogP contribution in [-0.4, -0.2) is 5.67 Å². The Morgan fingerprint density at radius 3 is 1.93 bits per heavy atom. The zero-order valence-electron chi connectivity index (χ0n) is 11.3. The minimum atomic E-state index is -0.917. The second-order valence-electron chi connectivity index (χ2n) is 5.16. The summed E-state index contributed by atoms with van der Waals surface area (Å²) in [5.74, 6) is 1.18. The molecule has 2 unspecified atom stereocenters. The fourth-order valence-electron chi connectivity index (χ4n) is 2.13. The molecule has 0 fully saturated rings. The fraction of sp³-hybridized carbons (Fsp3) is 1.00. The second kappa shape index (κ2) is 7.24. The van der Waals surface area contributed by atoms with E-state index in [-0.39, 0.29) is 0 Å². The third-order valence-electron chi connectivity index (χ3n) is 3.94. The average Bonchev–Trinajstić information content (AvgIpc) is 2.25. The number of rotatable bonds is 8. The Morgan fingerprint density at radius 2 is 1.53 bits per heavy atom. The van der Waals surface area contributed by atoms with Crippen molar-refractivity contribution in [1.29, 1.82) is 0 Å². The van der Waals surface area contributed by atoms with E-state index in [4.69, 9.17) is 0 Å². The van der Waals surface area contributed by atoms with Crippen molar-refractivity contribution in [2.75, 3.05) is 0 Å². The van der Waals surface area contributed by atoms with E-state index in [1.165, 1.54) is 19.3 Å². The van der Waals surface area contributed by atoms with Crippen LogP contribution in [-0.2, 0) is 0 Å². The molecule has 0 rings (SSSR count). The lowest BCUT2D eigenvalue weighted by Gasteiger charge is -2.29. The van der Waals surface area contributed by atoms with Gasteiger partial charge in [-0.1, -0.05) is 53.9 Å². The summed E-state index contributed by atoms with van der Waals surface area (Å²) in [5, 5.41) is 0. The van der Waals surface area contributed by atoms with Crippen LogP contribution < -0.4 is 0 Å². The normalized spacial score (nSPS) is 16.4. The fourth-order valence-corrected chi connectivity index (χ4v) is 2.13. The van der Waals surface area contributed by atoms with E-state index in [0.29, 0.717) is 24.7 Å². The first-order chi connectivity index (χ1) is 6.99. The van der Waals surface area contributed by atoms with Gasteiger partial charge in [0.15, 0.2) is 0 Å². The zero-order valence-corrected chi connectivity index (χ0v) is 11.3. The summed E-state index contributed by atoms with van der Waals surface area (Å²) in [6.45, 7) is 10.6. The first kappa shape index (κ1) is 14.9. The Labute approximate surface area is 95.6 Å². The predicted octanol–water partition coefficient (Wildman–Crippen LogP) is 5.37. The summed E-state index contributed by atoms with van der Waals surface area (Å²) in [7, 11) is 0. The maximum absolute atomic E-state index is 14.2. The monoisotopic (exact) mass is 216 g/mol. The molecule has 92 valence electrons. The average molecular weight is 216 g/mol. The van der Waals surface area contributed by atoms with Gasteiger partial charge in [0.05, 0.1) is 0 Å². The van der Waals surface area contributed by atoms with Crippen LogP contribution in [0.1, 0.15) is 73.1 Å². The Morgan fingerprint density at radius 1 is 1.00 bits per heavy atom. The molecule has 0 aliphatic carbocycles. The lowest BCUT2D eigenvalue weighted by Crippen LogP contribution is -2.26. The number of alkyl halides is 1. The Hall–Kier alpha value is -0.0700. The van der Waals surface area contributed by atoms with Gasteiger partial charge in [-0.05, 0) is 31.1 Å². The van der Waals surface area contributed by atoms with E-state index in [9.17, 15) is 4.39 Å². The Balaban J connectivity index is 4.03. The molecule has 0 saturated carbocycles. The van der Waals surface area contributed by atoms with E-state index in [1.807, 2.05) is 13.8 Å². The topological polar surface area (TPSA) is 0 Å². The summed E-state index contributed by atoms with van der Waals surface area (Å²) >= 11 is 0. The van der Waals surface area contributed by atoms with Gasteiger partial charge in [-0.2, -0.15) is 0 Å². The molecule has 0 radical (unpaired) electrons. The second-order valence-corrected chi connectivity index (χ2v) is 5.16. The molecule has 0 aromatic carbocycles. The van der Waals surface area contributed by atoms with Crippen LogP contribution in [0.2, 0.25) is 0 Å². The van der Waals surface area contributed by atoms with Crippen LogP contribution in [0.3, 0.4) is 0 Å². The van der Waals surface area contributed by atoms with Crippen molar-refractivity contribution in [2.24, 2.45) is 11.8 Å². The smallest absolute Gasteiger partial charge is 0.110 e. The zero-order chi connectivity index (χ0) is 11.9. The van der Waals surface area contributed by atoms with E-state index < -0.39 is 5.67 Å². The molecule has 0 N–H and O–H groups in total. The quantitative estimate of drug-likeness (QED) is 0.512. The van der Waals surface area contributed by atoms with Crippen molar-refractivity contribution >= 4 is 0 Å². The molecule has 0 aromatic rings. The minimum Gasteiger partial charge on any atom is -0.244 e. The van der Waals surface area contributed by atoms with Crippen molar-refractivity contribution in [1.82, 2.24) is 0 Å². The first-order valence-electron chi connectivity index (χ1n) is 6.68. The lowest BCUT2D eigenvalue weighted by molar-refractivity contribution is 0.0996. The number of unbranched alkanes of at least 4 members (excludes halogenated alkanes) is 1. The minimum absolute atomic E-state index is 0.515. The Kier molecular flexibility index (Phi) is 7.21. The highest BCUT2D eigenvalue weighted by molar-refractivity contribution is 4.79. The van der Waals surface area contributed by atoms with Gasteiger partial charge in [0.25, 0.3) is 0 Å². The molecule has 2 atom stereocenters. The van der Waals surface area contributed by atoms with Gasteiger partial charge in [0.2, 0.25) is 0 Å². The highest BCUT2D eigenvalue weighted by Crippen LogP contribution is 2.33. The molecule has 0 aromatic heterocycles. The maximum atomic E-state index is 14.2. The molecule has 0 spiro atoms. The lowest BCUT2D eigenvalue weighted by atomic mass is 9.81. The number of hydrogen-bond acceptors (Lipinski definition) is 0. The molecular formula is C14H29F. The highest BCUT2D eigenvalue weighted by atomic mass is 19.1. The summed E-state index contributed by atoms with van der Waals surface area (Å²) in [6, 6.07) is 0. The van der Waals surface area contributed by atoms with Crippen LogP contribution >= 0.6 is 0 Å². The van der Waals surface area contributed by atoms with E-state index in [0.717, 1.165) is 6.42 Å². The number of hydrogen-bond donors (Lipinski definition) is 0. The van der Waals surface area contributed by atoms with Gasteiger partial charge in [-0.25, -0.2) is 4.39 Å². The third-order valence-corrected chi connectivity index (χ3v) is 3.94. The molecule has 0 aliphatic rings. The van der Waals surface area contributed by atoms with Crippen LogP contribution in [0.5, 0.6) is 0 Å². The van der Waals surface area contributed by atoms with Gasteiger partial charge in [-0.3, -0.25) is 0 Å². The van der Waals surface area contributed by atoms with E-state index in [2.05, 4.69) is 20.8 Å². The molecule has 0 bridgehead atoms. The van der Waals surface area contributed by atoms with Crippen LogP contribution in [0, 0.1) is 11.8 Å². The van der Waals surface area contributed by atoms with E-state index in [1.54, 1.807) is 0 Å². The molecule has 0 nitrogen and oxygen atoms in total. The van der Waals surface area contributed by atoms with Gasteiger partial charge in [0, 0.05) is 0 Å². The van der Waals surface area contributed by atoms with Crippen molar-refractivity contribution in [3.63, 3.8) is 0 Å². The van der Waals surface area contributed by atoms with E-state index >= 15 is 0 Å². The van der Waals surface area contributed by atoms with Gasteiger partial charge in [0.1, 0.15) is 5.67 Å². The molecule has 0 amide bonds. The molecule has 0 saturated heterocycles. The highest BCUT2D eigenvalue weighted by Gasteiger charge is 2.29. The first-order valence-corrected chi connectivity index (χ1v) is 6.68. The molecule has 15 heavy (non-hydrogen) atoms. The Bertz CT molecular complexity index is 149. The summed E-state index contributed by atoms with van der Waals surface area (Å²) in [4.78, 5) is 0. The largest absolute Gasteiger partial charge is 0.244 e. The predicted molar refractivity (Wildman–Crippen MR) is 66.9 cm³/mol. The third kappa shape index (κ3) is 5.53. The van der Waals surface area contributed by atoms with Crippen molar-refractivity contribution in [2.45, 2.75) is 78.8 Å². The van der Waals surface area contributed by atoms with Crippen LogP contribution in [0.15, 0.2) is 0 Å². The van der Waals surface area contributed by atoms with Crippen LogP contribution in [0.25, 0.3) is 0 Å².